The van der Waals surface area contributed by atoms with Crippen molar-refractivity contribution in [2.45, 2.75) is 0 Å². The summed E-state index contributed by atoms with van der Waals surface area (Å²) in [6.07, 6.45) is 0. The van der Waals surface area contributed by atoms with Gasteiger partial charge in [-0.15, -0.1) is 0 Å². The van der Waals surface area contributed by atoms with Gasteiger partial charge in [-0.1, -0.05) is 0 Å². The van der Waals surface area contributed by atoms with E-state index in [1.165, 1.54) is 26.3 Å². The monoisotopic (exact) mass is 266 g/mol. The highest BCUT2D eigenvalue weighted by molar-refractivity contribution is 5.93. The van der Waals surface area contributed by atoms with Crippen LogP contribution in [-0.4, -0.2) is 30.2 Å². The molecule has 0 radical (unpaired) electrons. The van der Waals surface area contributed by atoms with Crippen LogP contribution in [-0.2, 0) is 0 Å². The van der Waals surface area contributed by atoms with Crippen molar-refractivity contribution < 1.29 is 23.4 Å². The fourth-order valence-corrected chi connectivity index (χ4v) is 1.62. The van der Waals surface area contributed by atoms with Crippen LogP contribution in [0.1, 0.15) is 10.6 Å². The summed E-state index contributed by atoms with van der Waals surface area (Å²) in [5, 5.41) is 11.7. The Bertz CT molecular complexity index is 624. The molecule has 0 unspecified atom stereocenters. The van der Waals surface area contributed by atoms with Crippen LogP contribution in [0.15, 0.2) is 22.6 Å². The van der Waals surface area contributed by atoms with Gasteiger partial charge in [-0.25, -0.2) is 9.18 Å². The molecule has 0 fully saturated rings. The van der Waals surface area contributed by atoms with Gasteiger partial charge in [0.25, 0.3) is 6.01 Å². The number of carboxylic acids is 1. The lowest BCUT2D eigenvalue weighted by Crippen LogP contribution is -1.98. The second-order valence-corrected chi connectivity index (χ2v) is 3.60. The third-order valence-corrected chi connectivity index (χ3v) is 2.45. The number of ether oxygens (including phenoxy) is 1. The molecular formula is C12H11FN2O4. The molecule has 0 aliphatic heterocycles. The fourth-order valence-electron chi connectivity index (χ4n) is 1.62. The normalized spacial score (nSPS) is 10.3. The second-order valence-electron chi connectivity index (χ2n) is 3.60. The number of rotatable bonds is 4. The number of methoxy groups -OCH3 is 1. The Hall–Kier alpha value is -2.57. The number of carbonyl (C=O) groups is 1. The lowest BCUT2D eigenvalue weighted by molar-refractivity contribution is 0.0665. The maximum atomic E-state index is 13.3. The summed E-state index contributed by atoms with van der Waals surface area (Å²) in [5.74, 6) is -1.90. The van der Waals surface area contributed by atoms with Crippen molar-refractivity contribution in [3.8, 4) is 17.0 Å². The molecule has 2 rings (SSSR count). The van der Waals surface area contributed by atoms with Crippen molar-refractivity contribution in [2.24, 2.45) is 0 Å². The van der Waals surface area contributed by atoms with Crippen LogP contribution in [0, 0.1) is 5.82 Å². The summed E-state index contributed by atoms with van der Waals surface area (Å²) in [6, 6.07) is 3.77. The number of nitrogens with one attached hydrogen (secondary N) is 1. The number of hydrogen-bond donors (Lipinski definition) is 2. The molecule has 0 aliphatic carbocycles. The van der Waals surface area contributed by atoms with Gasteiger partial charge in [0.2, 0.25) is 5.76 Å². The van der Waals surface area contributed by atoms with Crippen LogP contribution < -0.4 is 10.1 Å². The van der Waals surface area contributed by atoms with E-state index in [1.54, 1.807) is 0 Å². The largest absolute Gasteiger partial charge is 0.496 e. The van der Waals surface area contributed by atoms with Crippen molar-refractivity contribution in [1.29, 1.82) is 0 Å². The molecule has 0 atom stereocenters. The molecule has 0 saturated heterocycles. The highest BCUT2D eigenvalue weighted by atomic mass is 19.1. The Morgan fingerprint density at radius 2 is 2.26 bits per heavy atom. The topological polar surface area (TPSA) is 84.6 Å². The molecule has 100 valence electrons. The van der Waals surface area contributed by atoms with Gasteiger partial charge in [-0.2, -0.15) is 4.98 Å². The number of nitrogens with zero attached hydrogens (tertiary/aromatic N) is 1. The molecule has 0 amide bonds. The first-order valence-electron chi connectivity index (χ1n) is 5.32. The molecule has 7 heteroatoms. The van der Waals surface area contributed by atoms with E-state index in [-0.39, 0.29) is 23.0 Å². The summed E-state index contributed by atoms with van der Waals surface area (Å²) in [7, 11) is 2.93. The van der Waals surface area contributed by atoms with Gasteiger partial charge < -0.3 is 19.6 Å². The van der Waals surface area contributed by atoms with Crippen LogP contribution in [0.3, 0.4) is 0 Å². The molecule has 0 bridgehead atoms. The van der Waals surface area contributed by atoms with Crippen LogP contribution in [0.25, 0.3) is 11.3 Å². The first-order chi connectivity index (χ1) is 9.06. The van der Waals surface area contributed by atoms with Crippen molar-refractivity contribution in [2.75, 3.05) is 19.5 Å². The highest BCUT2D eigenvalue weighted by Gasteiger charge is 2.23. The number of halogens is 1. The van der Waals surface area contributed by atoms with Crippen molar-refractivity contribution in [3.63, 3.8) is 0 Å². The number of aromatic nitrogens is 1. The molecule has 0 saturated carbocycles. The number of oxazole rings is 1. The second kappa shape index (κ2) is 4.97. The molecule has 6 nitrogen and oxygen atoms in total. The highest BCUT2D eigenvalue weighted by Crippen LogP contribution is 2.33. The molecular weight excluding hydrogens is 255 g/mol. The maximum absolute atomic E-state index is 13.3. The molecule has 2 aromatic rings. The van der Waals surface area contributed by atoms with E-state index in [9.17, 15) is 9.18 Å². The third-order valence-electron chi connectivity index (χ3n) is 2.45. The van der Waals surface area contributed by atoms with E-state index < -0.39 is 11.8 Å². The third kappa shape index (κ3) is 2.35. The molecule has 0 aliphatic rings. The van der Waals surface area contributed by atoms with Crippen molar-refractivity contribution in [3.05, 3.63) is 29.8 Å². The van der Waals surface area contributed by atoms with Gasteiger partial charge in [-0.3, -0.25) is 0 Å². The molecule has 1 aromatic heterocycles. The van der Waals surface area contributed by atoms with E-state index in [2.05, 4.69) is 10.3 Å². The number of benzene rings is 1. The predicted molar refractivity (Wildman–Crippen MR) is 65.0 cm³/mol. The minimum absolute atomic E-state index is 0.00759. The minimum atomic E-state index is -1.30. The molecule has 1 heterocycles. The van der Waals surface area contributed by atoms with E-state index in [1.807, 2.05) is 0 Å². The minimum Gasteiger partial charge on any atom is -0.496 e. The molecule has 0 spiro atoms. The zero-order chi connectivity index (χ0) is 14.0. The van der Waals surface area contributed by atoms with E-state index in [0.29, 0.717) is 5.75 Å². The van der Waals surface area contributed by atoms with Crippen molar-refractivity contribution >= 4 is 12.0 Å². The van der Waals surface area contributed by atoms with Crippen LogP contribution in [0.4, 0.5) is 10.4 Å². The number of hydrogen-bond acceptors (Lipinski definition) is 5. The van der Waals surface area contributed by atoms with Crippen molar-refractivity contribution in [1.82, 2.24) is 4.98 Å². The van der Waals surface area contributed by atoms with Gasteiger partial charge in [0.1, 0.15) is 17.3 Å². The molecule has 19 heavy (non-hydrogen) atoms. The maximum Gasteiger partial charge on any atom is 0.374 e. The SMILES string of the molecule is CNc1nc(-c2cc(F)ccc2OC)c(C(=O)O)o1. The van der Waals surface area contributed by atoms with Gasteiger partial charge in [0.15, 0.2) is 0 Å². The predicted octanol–water partition coefficient (Wildman–Crippen LogP) is 2.23. The Kier molecular flexibility index (Phi) is 3.37. The van der Waals surface area contributed by atoms with E-state index in [4.69, 9.17) is 14.3 Å². The Labute approximate surface area is 107 Å². The fraction of sp³-hybridized carbons (Fsp3) is 0.167. The average molecular weight is 266 g/mol. The van der Waals surface area contributed by atoms with Gasteiger partial charge in [-0.05, 0) is 18.2 Å². The Morgan fingerprint density at radius 1 is 1.53 bits per heavy atom. The quantitative estimate of drug-likeness (QED) is 0.882. The lowest BCUT2D eigenvalue weighted by atomic mass is 10.1. The van der Waals surface area contributed by atoms with Crippen LogP contribution in [0.5, 0.6) is 5.75 Å². The Morgan fingerprint density at radius 3 is 2.84 bits per heavy atom. The van der Waals surface area contributed by atoms with Gasteiger partial charge >= 0.3 is 5.97 Å². The Balaban J connectivity index is 2.66. The molecule has 1 aromatic carbocycles. The summed E-state index contributed by atoms with van der Waals surface area (Å²) in [4.78, 5) is 15.1. The number of carboxylic acid groups (broad SMARTS) is 1. The first-order valence-corrected chi connectivity index (χ1v) is 5.32. The summed E-state index contributed by atoms with van der Waals surface area (Å²) in [6.45, 7) is 0. The number of anilines is 1. The summed E-state index contributed by atoms with van der Waals surface area (Å²) in [5.41, 5.74) is 0.221. The zero-order valence-corrected chi connectivity index (χ0v) is 10.2. The van der Waals surface area contributed by atoms with Crippen LogP contribution >= 0.6 is 0 Å². The van der Waals surface area contributed by atoms with Gasteiger partial charge in [0.05, 0.1) is 7.11 Å². The lowest BCUT2D eigenvalue weighted by Gasteiger charge is -2.06. The number of aromatic carboxylic acids is 1. The van der Waals surface area contributed by atoms with E-state index >= 15 is 0 Å². The standard InChI is InChI=1S/C12H11FN2O4/c1-14-12-15-9(10(19-12)11(16)17)7-5-6(13)3-4-8(7)18-2/h3-5H,1-2H3,(H,14,15)(H,16,17). The molecule has 2 N–H and O–H groups in total. The summed E-state index contributed by atoms with van der Waals surface area (Å²) < 4.78 is 23.4. The first kappa shape index (κ1) is 12.9. The van der Waals surface area contributed by atoms with E-state index in [0.717, 1.165) is 6.07 Å². The van der Waals surface area contributed by atoms with Gasteiger partial charge in [0, 0.05) is 12.6 Å². The summed E-state index contributed by atoms with van der Waals surface area (Å²) >= 11 is 0. The zero-order valence-electron chi connectivity index (χ0n) is 10.2. The van der Waals surface area contributed by atoms with Crippen LogP contribution in [0.2, 0.25) is 0 Å². The average Bonchev–Trinajstić information content (AvgIpc) is 2.83. The smallest absolute Gasteiger partial charge is 0.374 e.